The number of anilines is 1. The third kappa shape index (κ3) is 4.18. The molecule has 0 aliphatic rings. The van der Waals surface area contributed by atoms with Gasteiger partial charge < -0.3 is 20.5 Å². The quantitative estimate of drug-likeness (QED) is 0.394. The number of benzene rings is 1. The molecule has 1 rings (SSSR count). The minimum absolute atomic E-state index is 0.00444. The number of aliphatic hydroxyl groups is 1. The molecule has 0 unspecified atom stereocenters. The average Bonchev–Trinajstić information content (AvgIpc) is 2.34. The maximum Gasteiger partial charge on any atom is 0.124 e. The average molecular weight is 272 g/mol. The van der Waals surface area contributed by atoms with Gasteiger partial charge in [0.05, 0.1) is 19.8 Å². The van der Waals surface area contributed by atoms with Gasteiger partial charge in [0.25, 0.3) is 0 Å². The molecule has 18 heavy (non-hydrogen) atoms. The van der Waals surface area contributed by atoms with Crippen molar-refractivity contribution in [3.8, 4) is 0 Å². The highest BCUT2D eigenvalue weighted by molar-refractivity contribution is 6.31. The topological polar surface area (TPSA) is 82.6 Å². The number of hydrogen-bond donors (Lipinski definition) is 3. The molecule has 0 amide bonds. The number of nitrogen functional groups attached to an aromatic ring is 1. The van der Waals surface area contributed by atoms with Gasteiger partial charge in [0.2, 0.25) is 0 Å². The van der Waals surface area contributed by atoms with Gasteiger partial charge in [-0.05, 0) is 18.2 Å². The Balaban J connectivity index is 2.74. The van der Waals surface area contributed by atoms with Gasteiger partial charge in [0, 0.05) is 29.9 Å². The molecule has 1 aromatic rings. The standard InChI is InChI=1S/C12H18ClN3O2/c1-16(4-6-18-7-5-17)11-8-9(13)2-3-10(11)12(14)15/h2-3,8,17H,4-7H2,1H3,(H3,14,15). The number of nitrogens with one attached hydrogen (secondary N) is 1. The van der Waals surface area contributed by atoms with Crippen molar-refractivity contribution in [2.24, 2.45) is 5.73 Å². The molecule has 0 bridgehead atoms. The van der Waals surface area contributed by atoms with Crippen LogP contribution in [-0.2, 0) is 4.74 Å². The number of likely N-dealkylation sites (N-methyl/N-ethyl adjacent to an activating group) is 1. The highest BCUT2D eigenvalue weighted by Gasteiger charge is 2.10. The van der Waals surface area contributed by atoms with E-state index in [1.54, 1.807) is 18.2 Å². The first-order chi connectivity index (χ1) is 8.56. The summed E-state index contributed by atoms with van der Waals surface area (Å²) in [4.78, 5) is 1.92. The number of hydrogen-bond acceptors (Lipinski definition) is 4. The van der Waals surface area contributed by atoms with Crippen LogP contribution in [0.5, 0.6) is 0 Å². The largest absolute Gasteiger partial charge is 0.394 e. The highest BCUT2D eigenvalue weighted by Crippen LogP contribution is 2.23. The fraction of sp³-hybridized carbons (Fsp3) is 0.417. The Hall–Kier alpha value is -1.30. The summed E-state index contributed by atoms with van der Waals surface area (Å²) in [7, 11) is 1.88. The third-order valence-electron chi connectivity index (χ3n) is 2.47. The predicted octanol–water partition coefficient (Wildman–Crippen LogP) is 1.07. The van der Waals surface area contributed by atoms with E-state index in [-0.39, 0.29) is 12.4 Å². The second kappa shape index (κ2) is 7.20. The molecule has 0 atom stereocenters. The van der Waals surface area contributed by atoms with Crippen LogP contribution in [0.2, 0.25) is 5.02 Å². The fourth-order valence-corrected chi connectivity index (χ4v) is 1.70. The zero-order valence-corrected chi connectivity index (χ0v) is 11.1. The Morgan fingerprint density at radius 1 is 1.50 bits per heavy atom. The molecule has 0 radical (unpaired) electrons. The van der Waals surface area contributed by atoms with Crippen LogP contribution in [0.25, 0.3) is 0 Å². The van der Waals surface area contributed by atoms with Crippen molar-refractivity contribution in [3.05, 3.63) is 28.8 Å². The Morgan fingerprint density at radius 2 is 2.22 bits per heavy atom. The van der Waals surface area contributed by atoms with Crippen LogP contribution in [0.3, 0.4) is 0 Å². The van der Waals surface area contributed by atoms with E-state index >= 15 is 0 Å². The summed E-state index contributed by atoms with van der Waals surface area (Å²) < 4.78 is 5.20. The minimum Gasteiger partial charge on any atom is -0.394 e. The second-order valence-corrected chi connectivity index (χ2v) is 4.27. The smallest absolute Gasteiger partial charge is 0.124 e. The number of ether oxygens (including phenoxy) is 1. The van der Waals surface area contributed by atoms with Crippen molar-refractivity contribution in [2.75, 3.05) is 38.3 Å². The second-order valence-electron chi connectivity index (χ2n) is 3.83. The summed E-state index contributed by atoms with van der Waals surface area (Å²) in [5.74, 6) is 0.00444. The van der Waals surface area contributed by atoms with Crippen LogP contribution in [0.15, 0.2) is 18.2 Å². The number of halogens is 1. The normalized spacial score (nSPS) is 10.4. The molecule has 0 aromatic heterocycles. The van der Waals surface area contributed by atoms with Crippen LogP contribution < -0.4 is 10.6 Å². The van der Waals surface area contributed by atoms with E-state index in [0.717, 1.165) is 5.69 Å². The van der Waals surface area contributed by atoms with Crippen LogP contribution in [-0.4, -0.2) is 44.4 Å². The van der Waals surface area contributed by atoms with Crippen molar-refractivity contribution in [1.29, 1.82) is 5.41 Å². The number of nitrogens with zero attached hydrogens (tertiary/aromatic N) is 1. The number of aliphatic hydroxyl groups excluding tert-OH is 1. The SMILES string of the molecule is CN(CCOCCO)c1cc(Cl)ccc1C(=N)N. The van der Waals surface area contributed by atoms with E-state index < -0.39 is 0 Å². The summed E-state index contributed by atoms with van der Waals surface area (Å²) in [6.07, 6.45) is 0. The van der Waals surface area contributed by atoms with E-state index in [0.29, 0.717) is 30.3 Å². The van der Waals surface area contributed by atoms with Gasteiger partial charge in [0.1, 0.15) is 5.84 Å². The Morgan fingerprint density at radius 3 is 2.83 bits per heavy atom. The molecule has 0 heterocycles. The molecule has 6 heteroatoms. The molecule has 5 nitrogen and oxygen atoms in total. The Bertz CT molecular complexity index is 412. The molecular weight excluding hydrogens is 254 g/mol. The van der Waals surface area contributed by atoms with Crippen molar-refractivity contribution in [2.45, 2.75) is 0 Å². The summed E-state index contributed by atoms with van der Waals surface area (Å²) in [5.41, 5.74) is 6.96. The lowest BCUT2D eigenvalue weighted by Gasteiger charge is -2.22. The van der Waals surface area contributed by atoms with Crippen molar-refractivity contribution < 1.29 is 9.84 Å². The molecule has 0 fully saturated rings. The summed E-state index contributed by atoms with van der Waals surface area (Å²) in [6, 6.07) is 5.20. The fourth-order valence-electron chi connectivity index (χ4n) is 1.54. The number of rotatable bonds is 7. The molecule has 0 saturated carbocycles. The van der Waals surface area contributed by atoms with Gasteiger partial charge in [-0.25, -0.2) is 0 Å². The lowest BCUT2D eigenvalue weighted by molar-refractivity contribution is 0.0971. The van der Waals surface area contributed by atoms with Crippen molar-refractivity contribution in [1.82, 2.24) is 0 Å². The zero-order chi connectivity index (χ0) is 13.5. The van der Waals surface area contributed by atoms with Crippen molar-refractivity contribution in [3.63, 3.8) is 0 Å². The number of nitrogens with two attached hydrogens (primary N) is 1. The van der Waals surface area contributed by atoms with Gasteiger partial charge in [0.15, 0.2) is 0 Å². The molecule has 0 aliphatic carbocycles. The predicted molar refractivity (Wildman–Crippen MR) is 73.6 cm³/mol. The molecule has 100 valence electrons. The molecule has 0 spiro atoms. The summed E-state index contributed by atoms with van der Waals surface area (Å²) in [6.45, 7) is 1.45. The summed E-state index contributed by atoms with van der Waals surface area (Å²) in [5, 5.41) is 16.7. The molecule has 1 aromatic carbocycles. The van der Waals surface area contributed by atoms with Crippen LogP contribution >= 0.6 is 11.6 Å². The van der Waals surface area contributed by atoms with Crippen LogP contribution in [0, 0.1) is 5.41 Å². The lowest BCUT2D eigenvalue weighted by atomic mass is 10.1. The van der Waals surface area contributed by atoms with E-state index in [2.05, 4.69) is 0 Å². The maximum absolute atomic E-state index is 8.60. The first-order valence-corrected chi connectivity index (χ1v) is 5.97. The lowest BCUT2D eigenvalue weighted by Crippen LogP contribution is -2.26. The van der Waals surface area contributed by atoms with Gasteiger partial charge in [-0.1, -0.05) is 11.6 Å². The van der Waals surface area contributed by atoms with E-state index in [1.165, 1.54) is 0 Å². The molecular formula is C12H18ClN3O2. The molecule has 4 N–H and O–H groups in total. The van der Waals surface area contributed by atoms with Gasteiger partial charge >= 0.3 is 0 Å². The first kappa shape index (κ1) is 14.8. The van der Waals surface area contributed by atoms with E-state index in [1.807, 2.05) is 11.9 Å². The van der Waals surface area contributed by atoms with Crippen LogP contribution in [0.4, 0.5) is 5.69 Å². The first-order valence-electron chi connectivity index (χ1n) is 5.60. The minimum atomic E-state index is 0.00444. The molecule has 0 aliphatic heterocycles. The Kier molecular flexibility index (Phi) is 5.91. The maximum atomic E-state index is 8.60. The zero-order valence-electron chi connectivity index (χ0n) is 10.3. The van der Waals surface area contributed by atoms with Gasteiger partial charge in [-0.3, -0.25) is 5.41 Å². The third-order valence-corrected chi connectivity index (χ3v) is 2.70. The van der Waals surface area contributed by atoms with Crippen molar-refractivity contribution >= 4 is 23.1 Å². The molecule has 0 saturated heterocycles. The van der Waals surface area contributed by atoms with Gasteiger partial charge in [-0.2, -0.15) is 0 Å². The Labute approximate surface area is 112 Å². The van der Waals surface area contributed by atoms with E-state index in [9.17, 15) is 0 Å². The highest BCUT2D eigenvalue weighted by atomic mass is 35.5. The monoisotopic (exact) mass is 271 g/mol. The van der Waals surface area contributed by atoms with Gasteiger partial charge in [-0.15, -0.1) is 0 Å². The summed E-state index contributed by atoms with van der Waals surface area (Å²) >= 11 is 5.95. The van der Waals surface area contributed by atoms with Crippen LogP contribution in [0.1, 0.15) is 5.56 Å². The number of amidine groups is 1. The van der Waals surface area contributed by atoms with E-state index in [4.69, 9.17) is 32.6 Å².